The van der Waals surface area contributed by atoms with Crippen LogP contribution < -0.4 is 5.43 Å². The van der Waals surface area contributed by atoms with Gasteiger partial charge < -0.3 is 0 Å². The number of hydrazine groups is 1. The van der Waals surface area contributed by atoms with Crippen LogP contribution in [0, 0.1) is 0 Å². The number of nitrogens with zero attached hydrogens (tertiary/aromatic N) is 2. The third-order valence-electron chi connectivity index (χ3n) is 2.88. The molecule has 0 radical (unpaired) electrons. The summed E-state index contributed by atoms with van der Waals surface area (Å²) >= 11 is 0. The number of pyridine rings is 1. The van der Waals surface area contributed by atoms with Crippen LogP contribution in [0.15, 0.2) is 18.3 Å². The molecule has 1 aromatic rings. The molecule has 0 aliphatic rings. The number of Topliss-reactive ketones (excluding diaryl/α,β-unsaturated/α-hetero) is 1. The highest BCUT2D eigenvalue weighted by Crippen LogP contribution is 2.11. The van der Waals surface area contributed by atoms with Gasteiger partial charge in [0, 0.05) is 24.8 Å². The molecule has 0 fully saturated rings. The molecule has 1 unspecified atom stereocenters. The Kier molecular flexibility index (Phi) is 4.97. The van der Waals surface area contributed by atoms with Crippen molar-refractivity contribution < 1.29 is 9.59 Å². The maximum atomic E-state index is 12.4. The Morgan fingerprint density at radius 1 is 1.50 bits per heavy atom. The van der Waals surface area contributed by atoms with Crippen LogP contribution in [0.3, 0.4) is 0 Å². The topological polar surface area (TPSA) is 62.3 Å². The number of carbonyl (C=O) groups excluding carboxylic acids is 2. The van der Waals surface area contributed by atoms with Crippen molar-refractivity contribution in [2.45, 2.75) is 33.2 Å². The van der Waals surface area contributed by atoms with Crippen molar-refractivity contribution in [3.63, 3.8) is 0 Å². The molecule has 1 heterocycles. The first kappa shape index (κ1) is 14.3. The summed E-state index contributed by atoms with van der Waals surface area (Å²) in [5, 5.41) is 1.49. The SMILES string of the molecule is CCC(C)N(NC)C(=O)c1ncccc1C(C)=O. The van der Waals surface area contributed by atoms with E-state index in [1.54, 1.807) is 19.2 Å². The first-order valence-corrected chi connectivity index (χ1v) is 5.99. The van der Waals surface area contributed by atoms with Crippen molar-refractivity contribution >= 4 is 11.7 Å². The molecule has 98 valence electrons. The predicted octanol–water partition coefficient (Wildman–Crippen LogP) is 1.66. The standard InChI is InChI=1S/C13H19N3O2/c1-5-9(2)16(14-4)13(18)12-11(10(3)17)7-6-8-15-12/h6-9,14H,5H2,1-4H3. The van der Waals surface area contributed by atoms with Crippen molar-refractivity contribution in [3.8, 4) is 0 Å². The van der Waals surface area contributed by atoms with Gasteiger partial charge in [-0.1, -0.05) is 6.92 Å². The molecule has 5 heteroatoms. The van der Waals surface area contributed by atoms with Crippen molar-refractivity contribution in [3.05, 3.63) is 29.6 Å². The molecule has 1 aromatic heterocycles. The summed E-state index contributed by atoms with van der Waals surface area (Å²) in [6, 6.07) is 3.30. The molecule has 0 aliphatic heterocycles. The van der Waals surface area contributed by atoms with Crippen LogP contribution in [-0.2, 0) is 0 Å². The summed E-state index contributed by atoms with van der Waals surface area (Å²) < 4.78 is 0. The molecule has 18 heavy (non-hydrogen) atoms. The highest BCUT2D eigenvalue weighted by Gasteiger charge is 2.23. The van der Waals surface area contributed by atoms with Crippen molar-refractivity contribution in [1.29, 1.82) is 0 Å². The lowest BCUT2D eigenvalue weighted by molar-refractivity contribution is 0.0578. The van der Waals surface area contributed by atoms with Gasteiger partial charge in [0.05, 0.1) is 0 Å². The van der Waals surface area contributed by atoms with Crippen LogP contribution in [-0.4, -0.2) is 34.8 Å². The van der Waals surface area contributed by atoms with E-state index in [9.17, 15) is 9.59 Å². The zero-order valence-corrected chi connectivity index (χ0v) is 11.2. The van der Waals surface area contributed by atoms with Gasteiger partial charge in [0.2, 0.25) is 0 Å². The van der Waals surface area contributed by atoms with E-state index >= 15 is 0 Å². The maximum Gasteiger partial charge on any atom is 0.287 e. The molecule has 1 N–H and O–H groups in total. The number of hydrogen-bond acceptors (Lipinski definition) is 4. The van der Waals surface area contributed by atoms with Gasteiger partial charge in [-0.25, -0.2) is 5.43 Å². The lowest BCUT2D eigenvalue weighted by Crippen LogP contribution is -2.47. The molecule has 0 aromatic carbocycles. The second-order valence-electron chi connectivity index (χ2n) is 4.11. The predicted molar refractivity (Wildman–Crippen MR) is 69.2 cm³/mol. The van der Waals surface area contributed by atoms with Gasteiger partial charge in [-0.3, -0.25) is 19.6 Å². The summed E-state index contributed by atoms with van der Waals surface area (Å²) in [6.07, 6.45) is 2.33. The van der Waals surface area contributed by atoms with Crippen molar-refractivity contribution in [2.24, 2.45) is 0 Å². The Hall–Kier alpha value is -1.75. The van der Waals surface area contributed by atoms with E-state index in [-0.39, 0.29) is 23.4 Å². The van der Waals surface area contributed by atoms with E-state index in [0.29, 0.717) is 5.56 Å². The molecule has 1 rings (SSSR count). The lowest BCUT2D eigenvalue weighted by Gasteiger charge is -2.27. The van der Waals surface area contributed by atoms with Crippen LogP contribution in [0.25, 0.3) is 0 Å². The van der Waals surface area contributed by atoms with Crippen LogP contribution in [0.4, 0.5) is 0 Å². The molecule has 1 amide bonds. The Bertz CT molecular complexity index is 446. The fraction of sp³-hybridized carbons (Fsp3) is 0.462. The molecule has 0 spiro atoms. The van der Waals surface area contributed by atoms with E-state index in [1.165, 1.54) is 18.1 Å². The fourth-order valence-electron chi connectivity index (χ4n) is 1.68. The van der Waals surface area contributed by atoms with Crippen LogP contribution in [0.2, 0.25) is 0 Å². The first-order valence-electron chi connectivity index (χ1n) is 5.99. The number of rotatable bonds is 5. The molecule has 5 nitrogen and oxygen atoms in total. The van der Waals surface area contributed by atoms with Crippen LogP contribution >= 0.6 is 0 Å². The van der Waals surface area contributed by atoms with E-state index in [0.717, 1.165) is 6.42 Å². The summed E-state index contributed by atoms with van der Waals surface area (Å²) in [5.41, 5.74) is 3.40. The monoisotopic (exact) mass is 249 g/mol. The molecule has 0 saturated heterocycles. The first-order chi connectivity index (χ1) is 8.52. The number of amides is 1. The second-order valence-corrected chi connectivity index (χ2v) is 4.11. The van der Waals surface area contributed by atoms with Crippen molar-refractivity contribution in [1.82, 2.24) is 15.4 Å². The number of ketones is 1. The second kappa shape index (κ2) is 6.26. The number of nitrogens with one attached hydrogen (secondary N) is 1. The zero-order chi connectivity index (χ0) is 13.7. The van der Waals surface area contributed by atoms with Gasteiger partial charge in [-0.05, 0) is 32.4 Å². The van der Waals surface area contributed by atoms with Gasteiger partial charge in [-0.2, -0.15) is 0 Å². The third-order valence-corrected chi connectivity index (χ3v) is 2.88. The van der Waals surface area contributed by atoms with Crippen molar-refractivity contribution in [2.75, 3.05) is 7.05 Å². The summed E-state index contributed by atoms with van der Waals surface area (Å²) in [5.74, 6) is -0.440. The zero-order valence-electron chi connectivity index (χ0n) is 11.2. The number of carbonyl (C=O) groups is 2. The number of hydrogen-bond donors (Lipinski definition) is 1. The smallest absolute Gasteiger partial charge is 0.287 e. The van der Waals surface area contributed by atoms with E-state index in [2.05, 4.69) is 10.4 Å². The molecule has 0 aliphatic carbocycles. The van der Waals surface area contributed by atoms with Gasteiger partial charge in [0.25, 0.3) is 5.91 Å². The normalized spacial score (nSPS) is 12.0. The molecule has 0 bridgehead atoms. The Labute approximate surface area is 107 Å². The van der Waals surface area contributed by atoms with E-state index in [4.69, 9.17) is 0 Å². The average molecular weight is 249 g/mol. The highest BCUT2D eigenvalue weighted by molar-refractivity contribution is 6.05. The number of aromatic nitrogens is 1. The molecular weight excluding hydrogens is 230 g/mol. The largest absolute Gasteiger partial charge is 0.294 e. The van der Waals surface area contributed by atoms with Crippen LogP contribution in [0.1, 0.15) is 48.0 Å². The summed E-state index contributed by atoms with van der Waals surface area (Å²) in [7, 11) is 1.68. The lowest BCUT2D eigenvalue weighted by atomic mass is 10.1. The minimum absolute atomic E-state index is 0.0318. The van der Waals surface area contributed by atoms with Gasteiger partial charge in [0.1, 0.15) is 5.69 Å². The fourth-order valence-corrected chi connectivity index (χ4v) is 1.68. The quantitative estimate of drug-likeness (QED) is 0.637. The minimum atomic E-state index is -0.280. The highest BCUT2D eigenvalue weighted by atomic mass is 16.2. The Morgan fingerprint density at radius 2 is 2.17 bits per heavy atom. The summed E-state index contributed by atoms with van der Waals surface area (Å²) in [4.78, 5) is 27.9. The molecule has 1 atom stereocenters. The van der Waals surface area contributed by atoms with Crippen LogP contribution in [0.5, 0.6) is 0 Å². The maximum absolute atomic E-state index is 12.4. The third kappa shape index (κ3) is 2.92. The summed E-state index contributed by atoms with van der Waals surface area (Å²) in [6.45, 7) is 5.36. The Balaban J connectivity index is 3.13. The van der Waals surface area contributed by atoms with E-state index < -0.39 is 0 Å². The molecular formula is C13H19N3O2. The van der Waals surface area contributed by atoms with E-state index in [1.807, 2.05) is 13.8 Å². The van der Waals surface area contributed by atoms with Gasteiger partial charge in [0.15, 0.2) is 5.78 Å². The molecule has 0 saturated carbocycles. The average Bonchev–Trinajstić information content (AvgIpc) is 2.39. The minimum Gasteiger partial charge on any atom is -0.294 e. The van der Waals surface area contributed by atoms with Gasteiger partial charge >= 0.3 is 0 Å². The van der Waals surface area contributed by atoms with Gasteiger partial charge in [-0.15, -0.1) is 0 Å². The Morgan fingerprint density at radius 3 is 2.67 bits per heavy atom.